The van der Waals surface area contributed by atoms with Crippen molar-refractivity contribution in [2.75, 3.05) is 0 Å². The smallest absolute Gasteiger partial charge is 0.120 e. The van der Waals surface area contributed by atoms with E-state index in [2.05, 4.69) is 0 Å². The van der Waals surface area contributed by atoms with Crippen LogP contribution in [0.4, 0.5) is 0 Å². The van der Waals surface area contributed by atoms with Crippen molar-refractivity contribution in [3.05, 3.63) is 29.3 Å². The summed E-state index contributed by atoms with van der Waals surface area (Å²) in [5.74, 6) is 0.149. The van der Waals surface area contributed by atoms with Gasteiger partial charge in [0.25, 0.3) is 0 Å². The summed E-state index contributed by atoms with van der Waals surface area (Å²) in [5, 5.41) is 19.1. The molecule has 0 heterocycles. The Morgan fingerprint density at radius 1 is 1.40 bits per heavy atom. The molecule has 0 spiro atoms. The van der Waals surface area contributed by atoms with Crippen molar-refractivity contribution in [3.63, 3.8) is 0 Å². The van der Waals surface area contributed by atoms with E-state index in [1.54, 1.807) is 12.1 Å². The van der Waals surface area contributed by atoms with Crippen molar-refractivity contribution in [2.24, 2.45) is 5.73 Å². The number of aliphatic hydroxyl groups is 1. The Hall–Kier alpha value is -0.770. The Labute approximate surface area is 96.3 Å². The molecule has 0 aromatic heterocycles. The highest BCUT2D eigenvalue weighted by Crippen LogP contribution is 2.26. The summed E-state index contributed by atoms with van der Waals surface area (Å²) in [5.41, 5.74) is 7.44. The standard InChI is InChI=1S/C11H17NO2.ClH/c1-3-9(13)11(12)8-6-7(2)4-5-10(8)14;/h4-6,9,11,13-14H,3,12H2,1-2H3;1H/t9-,11+;/m0./s1. The number of aliphatic hydroxyl groups excluding tert-OH is 1. The van der Waals surface area contributed by atoms with Crippen molar-refractivity contribution < 1.29 is 10.2 Å². The van der Waals surface area contributed by atoms with Crippen LogP contribution in [0.2, 0.25) is 0 Å². The molecule has 86 valence electrons. The predicted octanol–water partition coefficient (Wildman–Crippen LogP) is 1.89. The molecule has 2 atom stereocenters. The van der Waals surface area contributed by atoms with Gasteiger partial charge >= 0.3 is 0 Å². The van der Waals surface area contributed by atoms with Crippen LogP contribution >= 0.6 is 12.4 Å². The minimum absolute atomic E-state index is 0. The van der Waals surface area contributed by atoms with Crippen LogP contribution in [-0.2, 0) is 0 Å². The quantitative estimate of drug-likeness (QED) is 0.744. The third kappa shape index (κ3) is 3.38. The molecule has 1 aromatic rings. The van der Waals surface area contributed by atoms with Crippen molar-refractivity contribution in [3.8, 4) is 5.75 Å². The van der Waals surface area contributed by atoms with E-state index in [1.807, 2.05) is 19.9 Å². The minimum Gasteiger partial charge on any atom is -0.508 e. The van der Waals surface area contributed by atoms with Gasteiger partial charge < -0.3 is 15.9 Å². The van der Waals surface area contributed by atoms with Gasteiger partial charge in [-0.1, -0.05) is 24.6 Å². The monoisotopic (exact) mass is 231 g/mol. The van der Waals surface area contributed by atoms with Crippen LogP contribution in [0.5, 0.6) is 5.75 Å². The SMILES string of the molecule is CC[C@H](O)[C@H](N)c1cc(C)ccc1O.Cl. The number of rotatable bonds is 3. The van der Waals surface area contributed by atoms with Crippen LogP contribution < -0.4 is 5.73 Å². The Kier molecular flexibility index (Phi) is 5.65. The number of hydrogen-bond acceptors (Lipinski definition) is 3. The van der Waals surface area contributed by atoms with Crippen LogP contribution in [0, 0.1) is 6.92 Å². The Morgan fingerprint density at radius 2 is 2.00 bits per heavy atom. The third-order valence-corrected chi connectivity index (χ3v) is 2.37. The Bertz CT molecular complexity index is 317. The first-order valence-corrected chi connectivity index (χ1v) is 4.79. The number of nitrogens with two attached hydrogens (primary N) is 1. The molecule has 0 radical (unpaired) electrons. The fourth-order valence-corrected chi connectivity index (χ4v) is 1.40. The molecule has 0 fully saturated rings. The van der Waals surface area contributed by atoms with Gasteiger partial charge in [-0.05, 0) is 19.4 Å². The van der Waals surface area contributed by atoms with Gasteiger partial charge in [-0.2, -0.15) is 0 Å². The highest BCUT2D eigenvalue weighted by molar-refractivity contribution is 5.85. The van der Waals surface area contributed by atoms with Crippen LogP contribution in [0.15, 0.2) is 18.2 Å². The Balaban J connectivity index is 0.00000196. The molecule has 3 nitrogen and oxygen atoms in total. The molecule has 4 heteroatoms. The van der Waals surface area contributed by atoms with E-state index < -0.39 is 12.1 Å². The van der Waals surface area contributed by atoms with Crippen molar-refractivity contribution in [1.82, 2.24) is 0 Å². The molecule has 0 bridgehead atoms. The van der Waals surface area contributed by atoms with E-state index in [1.165, 1.54) is 0 Å². The highest BCUT2D eigenvalue weighted by Gasteiger charge is 2.17. The van der Waals surface area contributed by atoms with Gasteiger partial charge in [0.1, 0.15) is 5.75 Å². The maximum Gasteiger partial charge on any atom is 0.120 e. The molecule has 0 aliphatic carbocycles. The lowest BCUT2D eigenvalue weighted by atomic mass is 9.98. The van der Waals surface area contributed by atoms with Crippen molar-refractivity contribution in [1.29, 1.82) is 0 Å². The molecule has 1 aromatic carbocycles. The van der Waals surface area contributed by atoms with E-state index >= 15 is 0 Å². The van der Waals surface area contributed by atoms with Crippen molar-refractivity contribution >= 4 is 12.4 Å². The first-order valence-electron chi connectivity index (χ1n) is 4.79. The van der Waals surface area contributed by atoms with Gasteiger partial charge in [-0.15, -0.1) is 12.4 Å². The summed E-state index contributed by atoms with van der Waals surface area (Å²) < 4.78 is 0. The second-order valence-corrected chi connectivity index (χ2v) is 3.56. The summed E-state index contributed by atoms with van der Waals surface area (Å²) in [4.78, 5) is 0. The number of phenols is 1. The molecule has 1 rings (SSSR count). The fraction of sp³-hybridized carbons (Fsp3) is 0.455. The molecule has 0 saturated carbocycles. The predicted molar refractivity (Wildman–Crippen MR) is 63.3 cm³/mol. The van der Waals surface area contributed by atoms with Gasteiger partial charge in [0, 0.05) is 5.56 Å². The lowest BCUT2D eigenvalue weighted by molar-refractivity contribution is 0.139. The van der Waals surface area contributed by atoms with E-state index in [-0.39, 0.29) is 18.2 Å². The van der Waals surface area contributed by atoms with Gasteiger partial charge in [0.15, 0.2) is 0 Å². The topological polar surface area (TPSA) is 66.5 Å². The Morgan fingerprint density at radius 3 is 2.53 bits per heavy atom. The number of benzene rings is 1. The zero-order valence-corrected chi connectivity index (χ0v) is 9.79. The first-order chi connectivity index (χ1) is 6.56. The van der Waals surface area contributed by atoms with E-state index in [9.17, 15) is 10.2 Å². The minimum atomic E-state index is -0.609. The molecule has 4 N–H and O–H groups in total. The molecule has 0 aliphatic rings. The van der Waals surface area contributed by atoms with Crippen LogP contribution in [0.3, 0.4) is 0 Å². The molecular formula is C11H18ClNO2. The van der Waals surface area contributed by atoms with E-state index in [0.29, 0.717) is 12.0 Å². The third-order valence-electron chi connectivity index (χ3n) is 2.37. The number of aromatic hydroxyl groups is 1. The zero-order chi connectivity index (χ0) is 10.7. The molecule has 0 unspecified atom stereocenters. The number of halogens is 1. The molecule has 0 aliphatic heterocycles. The lowest BCUT2D eigenvalue weighted by Gasteiger charge is -2.19. The number of aryl methyl sites for hydroxylation is 1. The average Bonchev–Trinajstić information content (AvgIpc) is 2.19. The summed E-state index contributed by atoms with van der Waals surface area (Å²) in [6.45, 7) is 3.78. The maximum absolute atomic E-state index is 9.56. The summed E-state index contributed by atoms with van der Waals surface area (Å²) >= 11 is 0. The lowest BCUT2D eigenvalue weighted by Crippen LogP contribution is -2.25. The van der Waals surface area contributed by atoms with E-state index in [4.69, 9.17) is 5.73 Å². The number of phenolic OH excluding ortho intramolecular Hbond substituents is 1. The van der Waals surface area contributed by atoms with Gasteiger partial charge in [0.2, 0.25) is 0 Å². The normalized spacial score (nSPS) is 14.1. The molecule has 0 saturated heterocycles. The van der Waals surface area contributed by atoms with Crippen LogP contribution in [0.25, 0.3) is 0 Å². The van der Waals surface area contributed by atoms with Crippen LogP contribution in [0.1, 0.15) is 30.5 Å². The molecular weight excluding hydrogens is 214 g/mol. The first kappa shape index (κ1) is 14.2. The highest BCUT2D eigenvalue weighted by atomic mass is 35.5. The van der Waals surface area contributed by atoms with Crippen molar-refractivity contribution in [2.45, 2.75) is 32.4 Å². The maximum atomic E-state index is 9.56. The second-order valence-electron chi connectivity index (χ2n) is 3.56. The largest absolute Gasteiger partial charge is 0.508 e. The van der Waals surface area contributed by atoms with Gasteiger partial charge in [-0.25, -0.2) is 0 Å². The van der Waals surface area contributed by atoms with Gasteiger partial charge in [-0.3, -0.25) is 0 Å². The van der Waals surface area contributed by atoms with Crippen LogP contribution in [-0.4, -0.2) is 16.3 Å². The van der Waals surface area contributed by atoms with Gasteiger partial charge in [0.05, 0.1) is 12.1 Å². The summed E-state index contributed by atoms with van der Waals surface area (Å²) in [7, 11) is 0. The number of hydrogen-bond donors (Lipinski definition) is 3. The average molecular weight is 232 g/mol. The molecule has 0 amide bonds. The second kappa shape index (κ2) is 5.95. The zero-order valence-electron chi connectivity index (χ0n) is 8.97. The fourth-order valence-electron chi connectivity index (χ4n) is 1.40. The van der Waals surface area contributed by atoms with E-state index in [0.717, 1.165) is 5.56 Å². The summed E-state index contributed by atoms with van der Waals surface area (Å²) in [6, 6.07) is 4.70. The molecule has 15 heavy (non-hydrogen) atoms. The summed E-state index contributed by atoms with van der Waals surface area (Å²) in [6.07, 6.45) is -0.0307.